The molecule has 3 aromatic rings. The predicted octanol–water partition coefficient (Wildman–Crippen LogP) is 3.66. The molecule has 0 radical (unpaired) electrons. The Bertz CT molecular complexity index is 964. The normalized spacial score (nSPS) is 10.6. The van der Waals surface area contributed by atoms with Gasteiger partial charge >= 0.3 is 0 Å². The summed E-state index contributed by atoms with van der Waals surface area (Å²) in [4.78, 5) is 26.7. The lowest BCUT2D eigenvalue weighted by Gasteiger charge is -2.12. The van der Waals surface area contributed by atoms with Crippen LogP contribution in [0.1, 0.15) is 21.7 Å². The molecule has 0 atom stereocenters. The van der Waals surface area contributed by atoms with Crippen molar-refractivity contribution in [2.24, 2.45) is 0 Å². The van der Waals surface area contributed by atoms with E-state index in [4.69, 9.17) is 5.21 Å². The maximum absolute atomic E-state index is 12.5. The highest BCUT2D eigenvalue weighted by atomic mass is 32.1. The number of nitrogens with one attached hydrogen (secondary N) is 2. The second-order valence-electron chi connectivity index (χ2n) is 6.40. The van der Waals surface area contributed by atoms with Crippen molar-refractivity contribution >= 4 is 44.6 Å². The summed E-state index contributed by atoms with van der Waals surface area (Å²) in [6, 6.07) is 15.2. The summed E-state index contributed by atoms with van der Waals surface area (Å²) in [7, 11) is 3.91. The number of aryl methyl sites for hydroxylation is 1. The summed E-state index contributed by atoms with van der Waals surface area (Å²) in [6.45, 7) is 0. The monoisotopic (exact) mass is 383 g/mol. The molecule has 3 rings (SSSR count). The summed E-state index contributed by atoms with van der Waals surface area (Å²) >= 11 is 1.60. The number of fused-ring (bicyclic) bond motifs is 1. The molecule has 1 heterocycles. The molecular weight excluding hydrogens is 362 g/mol. The Labute approximate surface area is 161 Å². The first-order chi connectivity index (χ1) is 13.0. The average molecular weight is 383 g/mol. The summed E-state index contributed by atoms with van der Waals surface area (Å²) in [5.41, 5.74) is 4.00. The largest absolute Gasteiger partial charge is 0.378 e. The number of nitrogens with zero attached hydrogens (tertiary/aromatic N) is 1. The van der Waals surface area contributed by atoms with Crippen LogP contribution in [-0.2, 0) is 11.2 Å². The van der Waals surface area contributed by atoms with E-state index in [0.717, 1.165) is 26.3 Å². The fraction of sp³-hybridized carbons (Fsp3) is 0.200. The highest BCUT2D eigenvalue weighted by Gasteiger charge is 2.09. The van der Waals surface area contributed by atoms with Crippen LogP contribution in [0.3, 0.4) is 0 Å². The molecule has 0 aliphatic heterocycles. The molecule has 0 saturated heterocycles. The number of hydrogen-bond donors (Lipinski definition) is 3. The molecule has 0 aliphatic carbocycles. The van der Waals surface area contributed by atoms with Crippen molar-refractivity contribution in [3.8, 4) is 0 Å². The van der Waals surface area contributed by atoms with E-state index in [9.17, 15) is 9.59 Å². The molecule has 0 aliphatic rings. The average Bonchev–Trinajstić information content (AvgIpc) is 3.08. The minimum absolute atomic E-state index is 0.158. The van der Waals surface area contributed by atoms with E-state index in [0.29, 0.717) is 12.0 Å². The molecule has 2 aromatic carbocycles. The van der Waals surface area contributed by atoms with Crippen LogP contribution in [-0.4, -0.2) is 31.1 Å². The lowest BCUT2D eigenvalue weighted by molar-refractivity contribution is -0.129. The number of amides is 2. The van der Waals surface area contributed by atoms with Crippen molar-refractivity contribution in [3.05, 3.63) is 59.0 Å². The van der Waals surface area contributed by atoms with Crippen LogP contribution in [0.5, 0.6) is 0 Å². The zero-order valence-corrected chi connectivity index (χ0v) is 16.0. The molecule has 140 valence electrons. The zero-order valence-electron chi connectivity index (χ0n) is 15.2. The first kappa shape index (κ1) is 18.9. The van der Waals surface area contributed by atoms with Crippen molar-refractivity contribution < 1.29 is 14.8 Å². The van der Waals surface area contributed by atoms with Gasteiger partial charge in [0.25, 0.3) is 5.91 Å². The van der Waals surface area contributed by atoms with Gasteiger partial charge in [-0.2, -0.15) is 0 Å². The predicted molar refractivity (Wildman–Crippen MR) is 109 cm³/mol. The Kier molecular flexibility index (Phi) is 5.73. The van der Waals surface area contributed by atoms with E-state index >= 15 is 0 Å². The number of thiophene rings is 1. The van der Waals surface area contributed by atoms with Crippen LogP contribution >= 0.6 is 11.3 Å². The number of hydroxylamine groups is 1. The molecule has 0 spiro atoms. The van der Waals surface area contributed by atoms with Gasteiger partial charge in [-0.3, -0.25) is 14.8 Å². The maximum Gasteiger partial charge on any atom is 0.255 e. The third kappa shape index (κ3) is 4.64. The quantitative estimate of drug-likeness (QED) is 0.448. The molecule has 0 unspecified atom stereocenters. The molecule has 0 bridgehead atoms. The summed E-state index contributed by atoms with van der Waals surface area (Å²) < 4.78 is 1.09. The SMILES string of the molecule is CN(C)c1ccc(C(=O)Nc2ccc3sc(CCC(=O)NO)cc3c2)cc1. The third-order valence-corrected chi connectivity index (χ3v) is 5.37. The third-order valence-electron chi connectivity index (χ3n) is 4.19. The highest BCUT2D eigenvalue weighted by Crippen LogP contribution is 2.29. The number of carbonyl (C=O) groups excluding carboxylic acids is 2. The van der Waals surface area contributed by atoms with E-state index in [-0.39, 0.29) is 12.3 Å². The summed E-state index contributed by atoms with van der Waals surface area (Å²) in [6.07, 6.45) is 0.793. The fourth-order valence-electron chi connectivity index (χ4n) is 2.71. The first-order valence-corrected chi connectivity index (χ1v) is 9.32. The van der Waals surface area contributed by atoms with Crippen molar-refractivity contribution in [2.75, 3.05) is 24.3 Å². The van der Waals surface area contributed by atoms with Gasteiger partial charge in [-0.1, -0.05) is 0 Å². The molecule has 1 aromatic heterocycles. The van der Waals surface area contributed by atoms with Crippen molar-refractivity contribution in [1.29, 1.82) is 0 Å². The smallest absolute Gasteiger partial charge is 0.255 e. The molecule has 7 heteroatoms. The van der Waals surface area contributed by atoms with E-state index in [2.05, 4.69) is 5.32 Å². The van der Waals surface area contributed by atoms with Gasteiger partial charge in [0.05, 0.1) is 0 Å². The fourth-order valence-corrected chi connectivity index (χ4v) is 3.75. The minimum Gasteiger partial charge on any atom is -0.378 e. The standard InChI is InChI=1S/C20H21N3O3S/c1-23(2)16-6-3-13(4-7-16)20(25)21-15-5-9-18-14(11-15)12-17(27-18)8-10-19(24)22-26/h3-7,9,11-12,26H,8,10H2,1-2H3,(H,21,25)(H,22,24). The topological polar surface area (TPSA) is 81.7 Å². The van der Waals surface area contributed by atoms with Gasteiger partial charge in [-0.05, 0) is 60.3 Å². The van der Waals surface area contributed by atoms with Crippen LogP contribution in [0.15, 0.2) is 48.5 Å². The summed E-state index contributed by atoms with van der Waals surface area (Å²) in [5.74, 6) is -0.560. The van der Waals surface area contributed by atoms with Crippen molar-refractivity contribution in [3.63, 3.8) is 0 Å². The highest BCUT2D eigenvalue weighted by molar-refractivity contribution is 7.19. The Morgan fingerprint density at radius 3 is 2.48 bits per heavy atom. The first-order valence-electron chi connectivity index (χ1n) is 8.50. The Balaban J connectivity index is 1.71. The van der Waals surface area contributed by atoms with Gasteiger partial charge in [-0.25, -0.2) is 5.48 Å². The Hall–Kier alpha value is -2.90. The number of rotatable bonds is 6. The Morgan fingerprint density at radius 2 is 1.81 bits per heavy atom. The molecule has 6 nitrogen and oxygen atoms in total. The number of anilines is 2. The van der Waals surface area contributed by atoms with E-state index < -0.39 is 5.91 Å². The van der Waals surface area contributed by atoms with Crippen molar-refractivity contribution in [2.45, 2.75) is 12.8 Å². The lowest BCUT2D eigenvalue weighted by Crippen LogP contribution is -2.18. The zero-order chi connectivity index (χ0) is 19.4. The van der Waals surface area contributed by atoms with Crippen LogP contribution in [0.4, 0.5) is 11.4 Å². The van der Waals surface area contributed by atoms with Crippen LogP contribution in [0.2, 0.25) is 0 Å². The molecule has 27 heavy (non-hydrogen) atoms. The van der Waals surface area contributed by atoms with Gasteiger partial charge in [0.15, 0.2) is 0 Å². The van der Waals surface area contributed by atoms with Gasteiger partial charge in [0, 0.05) is 47.0 Å². The number of carbonyl (C=O) groups is 2. The van der Waals surface area contributed by atoms with Crippen LogP contribution < -0.4 is 15.7 Å². The van der Waals surface area contributed by atoms with Gasteiger partial charge < -0.3 is 10.2 Å². The lowest BCUT2D eigenvalue weighted by atomic mass is 10.1. The van der Waals surface area contributed by atoms with E-state index in [1.54, 1.807) is 28.9 Å². The number of hydrogen-bond acceptors (Lipinski definition) is 5. The van der Waals surface area contributed by atoms with Gasteiger partial charge in [0.1, 0.15) is 0 Å². The molecule has 2 amide bonds. The second kappa shape index (κ2) is 8.20. The van der Waals surface area contributed by atoms with Gasteiger partial charge in [0.2, 0.25) is 5.91 Å². The minimum atomic E-state index is -0.402. The maximum atomic E-state index is 12.5. The van der Waals surface area contributed by atoms with Crippen molar-refractivity contribution in [1.82, 2.24) is 5.48 Å². The van der Waals surface area contributed by atoms with Gasteiger partial charge in [-0.15, -0.1) is 11.3 Å². The summed E-state index contributed by atoms with van der Waals surface area (Å²) in [5, 5.41) is 12.5. The van der Waals surface area contributed by atoms with Crippen LogP contribution in [0.25, 0.3) is 10.1 Å². The molecular formula is C20H21N3O3S. The van der Waals surface area contributed by atoms with E-state index in [1.807, 2.05) is 55.4 Å². The second-order valence-corrected chi connectivity index (χ2v) is 7.56. The molecule has 3 N–H and O–H groups in total. The molecule has 0 saturated carbocycles. The van der Waals surface area contributed by atoms with E-state index in [1.165, 1.54) is 0 Å². The number of benzene rings is 2. The van der Waals surface area contributed by atoms with Crippen LogP contribution in [0, 0.1) is 0 Å². The Morgan fingerprint density at radius 1 is 1.07 bits per heavy atom. The molecule has 0 fully saturated rings.